The molecule has 1 aliphatic carbocycles. The van der Waals surface area contributed by atoms with E-state index >= 15 is 0 Å². The molecule has 1 fully saturated rings. The topological polar surface area (TPSA) is 52.0 Å². The van der Waals surface area contributed by atoms with E-state index in [0.29, 0.717) is 6.04 Å². The van der Waals surface area contributed by atoms with Crippen molar-refractivity contribution in [1.82, 2.24) is 20.1 Å². The van der Waals surface area contributed by atoms with Gasteiger partial charge in [-0.05, 0) is 25.0 Å². The van der Waals surface area contributed by atoms with E-state index in [9.17, 15) is 0 Å². The highest BCUT2D eigenvalue weighted by molar-refractivity contribution is 5.38. The SMILES string of the molecule is COc1cccc(-n2ncnc2CNC2CC2)c1. The second-order valence-electron chi connectivity index (χ2n) is 4.44. The van der Waals surface area contributed by atoms with Crippen LogP contribution >= 0.6 is 0 Å². The summed E-state index contributed by atoms with van der Waals surface area (Å²) in [6.45, 7) is 0.752. The van der Waals surface area contributed by atoms with Crippen LogP contribution in [-0.4, -0.2) is 27.9 Å². The molecule has 94 valence electrons. The standard InChI is InChI=1S/C13H16N4O/c1-18-12-4-2-3-11(7-12)17-13(15-9-16-17)8-14-10-5-6-10/h2-4,7,9-10,14H,5-6,8H2,1H3. The molecule has 3 rings (SSSR count). The van der Waals surface area contributed by atoms with E-state index in [2.05, 4.69) is 15.4 Å². The molecule has 0 bridgehead atoms. The molecule has 5 heteroatoms. The van der Waals surface area contributed by atoms with Crippen LogP contribution in [-0.2, 0) is 6.54 Å². The van der Waals surface area contributed by atoms with Gasteiger partial charge in [-0.25, -0.2) is 9.67 Å². The van der Waals surface area contributed by atoms with Crippen molar-refractivity contribution in [1.29, 1.82) is 0 Å². The van der Waals surface area contributed by atoms with E-state index in [0.717, 1.165) is 23.8 Å². The lowest BCUT2D eigenvalue weighted by molar-refractivity contribution is 0.414. The van der Waals surface area contributed by atoms with Crippen molar-refractivity contribution >= 4 is 0 Å². The predicted octanol–water partition coefficient (Wildman–Crippen LogP) is 1.53. The first-order chi connectivity index (χ1) is 8.86. The first kappa shape index (κ1) is 11.2. The largest absolute Gasteiger partial charge is 0.497 e. The minimum absolute atomic E-state index is 0.667. The maximum atomic E-state index is 5.22. The van der Waals surface area contributed by atoms with Crippen molar-refractivity contribution in [2.75, 3.05) is 7.11 Å². The third kappa shape index (κ3) is 2.36. The lowest BCUT2D eigenvalue weighted by Gasteiger charge is -2.08. The highest BCUT2D eigenvalue weighted by Gasteiger charge is 2.21. The molecule has 0 saturated heterocycles. The Kier molecular flexibility index (Phi) is 2.98. The molecule has 2 aromatic rings. The molecule has 0 atom stereocenters. The summed E-state index contributed by atoms with van der Waals surface area (Å²) in [5.74, 6) is 1.75. The van der Waals surface area contributed by atoms with Gasteiger partial charge in [-0.1, -0.05) is 6.07 Å². The summed E-state index contributed by atoms with van der Waals surface area (Å²) in [6, 6.07) is 8.49. The molecule has 1 heterocycles. The molecule has 0 radical (unpaired) electrons. The maximum absolute atomic E-state index is 5.22. The van der Waals surface area contributed by atoms with Gasteiger partial charge in [-0.15, -0.1) is 0 Å². The fourth-order valence-electron chi connectivity index (χ4n) is 1.87. The molecule has 5 nitrogen and oxygen atoms in total. The smallest absolute Gasteiger partial charge is 0.146 e. The molecule has 0 spiro atoms. The number of ether oxygens (including phenoxy) is 1. The number of hydrogen-bond donors (Lipinski definition) is 1. The molecule has 1 aromatic heterocycles. The van der Waals surface area contributed by atoms with Crippen molar-refractivity contribution in [3.05, 3.63) is 36.4 Å². The molecule has 1 N–H and O–H groups in total. The van der Waals surface area contributed by atoms with Crippen LogP contribution in [0.5, 0.6) is 5.75 Å². The Labute approximate surface area is 106 Å². The van der Waals surface area contributed by atoms with Gasteiger partial charge >= 0.3 is 0 Å². The normalized spacial score (nSPS) is 14.7. The van der Waals surface area contributed by atoms with Crippen LogP contribution in [0.3, 0.4) is 0 Å². The van der Waals surface area contributed by atoms with Crippen molar-refractivity contribution in [2.45, 2.75) is 25.4 Å². The van der Waals surface area contributed by atoms with Crippen molar-refractivity contribution in [3.8, 4) is 11.4 Å². The summed E-state index contributed by atoms with van der Waals surface area (Å²) < 4.78 is 7.07. The van der Waals surface area contributed by atoms with E-state index < -0.39 is 0 Å². The van der Waals surface area contributed by atoms with Gasteiger partial charge in [-0.3, -0.25) is 0 Å². The van der Waals surface area contributed by atoms with Gasteiger partial charge in [0.05, 0.1) is 19.3 Å². The summed E-state index contributed by atoms with van der Waals surface area (Å²) in [5, 5.41) is 7.71. The van der Waals surface area contributed by atoms with Crippen LogP contribution in [0.4, 0.5) is 0 Å². The second-order valence-corrected chi connectivity index (χ2v) is 4.44. The van der Waals surface area contributed by atoms with Gasteiger partial charge in [0.15, 0.2) is 0 Å². The number of nitrogens with one attached hydrogen (secondary N) is 1. The third-order valence-electron chi connectivity index (χ3n) is 3.04. The molecule has 0 amide bonds. The summed E-state index contributed by atoms with van der Waals surface area (Å²) in [4.78, 5) is 4.30. The minimum atomic E-state index is 0.667. The van der Waals surface area contributed by atoms with Crippen LogP contribution < -0.4 is 10.1 Å². The number of nitrogens with zero attached hydrogens (tertiary/aromatic N) is 3. The van der Waals surface area contributed by atoms with E-state index in [1.807, 2.05) is 28.9 Å². The third-order valence-corrected chi connectivity index (χ3v) is 3.04. The van der Waals surface area contributed by atoms with Crippen molar-refractivity contribution < 1.29 is 4.74 Å². The number of aromatic nitrogens is 3. The van der Waals surface area contributed by atoms with Gasteiger partial charge in [0.2, 0.25) is 0 Å². The zero-order chi connectivity index (χ0) is 12.4. The zero-order valence-corrected chi connectivity index (χ0v) is 10.3. The number of hydrogen-bond acceptors (Lipinski definition) is 4. The molecular formula is C13H16N4O. The average molecular weight is 244 g/mol. The van der Waals surface area contributed by atoms with Gasteiger partial charge in [0, 0.05) is 12.1 Å². The number of methoxy groups -OCH3 is 1. The highest BCUT2D eigenvalue weighted by Crippen LogP contribution is 2.20. The molecule has 1 aliphatic rings. The second kappa shape index (κ2) is 4.78. The summed E-state index contributed by atoms with van der Waals surface area (Å²) >= 11 is 0. The van der Waals surface area contributed by atoms with Crippen molar-refractivity contribution in [3.63, 3.8) is 0 Å². The molecule has 0 unspecified atom stereocenters. The zero-order valence-electron chi connectivity index (χ0n) is 10.3. The van der Waals surface area contributed by atoms with Gasteiger partial charge in [0.1, 0.15) is 17.9 Å². The predicted molar refractivity (Wildman–Crippen MR) is 67.8 cm³/mol. The van der Waals surface area contributed by atoms with E-state index in [1.54, 1.807) is 13.4 Å². The Hall–Kier alpha value is -1.88. The van der Waals surface area contributed by atoms with Gasteiger partial charge in [0.25, 0.3) is 0 Å². The Morgan fingerprint density at radius 3 is 3.11 bits per heavy atom. The van der Waals surface area contributed by atoms with Crippen LogP contribution in [0.15, 0.2) is 30.6 Å². The molecule has 18 heavy (non-hydrogen) atoms. The summed E-state index contributed by atoms with van der Waals surface area (Å²) in [5.41, 5.74) is 0.972. The van der Waals surface area contributed by atoms with E-state index in [-0.39, 0.29) is 0 Å². The monoisotopic (exact) mass is 244 g/mol. The van der Waals surface area contributed by atoms with Crippen molar-refractivity contribution in [2.24, 2.45) is 0 Å². The van der Waals surface area contributed by atoms with Gasteiger partial charge in [-0.2, -0.15) is 5.10 Å². The summed E-state index contributed by atoms with van der Waals surface area (Å²) in [7, 11) is 1.66. The average Bonchev–Trinajstić information content (AvgIpc) is 3.13. The molecule has 1 aromatic carbocycles. The quantitative estimate of drug-likeness (QED) is 0.866. The lowest BCUT2D eigenvalue weighted by atomic mass is 10.3. The fraction of sp³-hybridized carbons (Fsp3) is 0.385. The summed E-state index contributed by atoms with van der Waals surface area (Å²) in [6.07, 6.45) is 4.13. The maximum Gasteiger partial charge on any atom is 0.146 e. The highest BCUT2D eigenvalue weighted by atomic mass is 16.5. The number of benzene rings is 1. The molecule has 0 aliphatic heterocycles. The van der Waals surface area contributed by atoms with Crippen LogP contribution in [0, 0.1) is 0 Å². The Bertz CT molecular complexity index is 533. The van der Waals surface area contributed by atoms with Gasteiger partial charge < -0.3 is 10.1 Å². The van der Waals surface area contributed by atoms with E-state index in [4.69, 9.17) is 4.74 Å². The molecule has 1 saturated carbocycles. The van der Waals surface area contributed by atoms with Crippen LogP contribution in [0.25, 0.3) is 5.69 Å². The first-order valence-electron chi connectivity index (χ1n) is 6.13. The van der Waals surface area contributed by atoms with Crippen LogP contribution in [0.1, 0.15) is 18.7 Å². The Balaban J connectivity index is 1.83. The van der Waals surface area contributed by atoms with Crippen LogP contribution in [0.2, 0.25) is 0 Å². The minimum Gasteiger partial charge on any atom is -0.497 e. The Morgan fingerprint density at radius 2 is 2.33 bits per heavy atom. The Morgan fingerprint density at radius 1 is 1.44 bits per heavy atom. The molecular weight excluding hydrogens is 228 g/mol. The van der Waals surface area contributed by atoms with E-state index in [1.165, 1.54) is 12.8 Å². The lowest BCUT2D eigenvalue weighted by Crippen LogP contribution is -2.18. The number of rotatable bonds is 5. The first-order valence-corrected chi connectivity index (χ1v) is 6.13. The fourth-order valence-corrected chi connectivity index (χ4v) is 1.87.